The third-order valence-electron chi connectivity index (χ3n) is 7.25. The third kappa shape index (κ3) is 6.66. The predicted molar refractivity (Wildman–Crippen MR) is 151 cm³/mol. The number of carbonyl (C=O) groups excluding carboxylic acids is 2. The van der Waals surface area contributed by atoms with Gasteiger partial charge in [-0.2, -0.15) is 0 Å². The van der Waals surface area contributed by atoms with Crippen LogP contribution in [-0.2, 0) is 11.3 Å². The van der Waals surface area contributed by atoms with Crippen LogP contribution in [0.1, 0.15) is 65.7 Å². The maximum absolute atomic E-state index is 14.0. The van der Waals surface area contributed by atoms with E-state index >= 15 is 0 Å². The fourth-order valence-electron chi connectivity index (χ4n) is 5.42. The number of benzene rings is 3. The van der Waals surface area contributed by atoms with E-state index in [0.717, 1.165) is 49.2 Å². The number of carbonyl (C=O) groups is 2. The number of nitrogens with zero attached hydrogens (tertiary/aromatic N) is 2. The molecule has 0 aliphatic carbocycles. The van der Waals surface area contributed by atoms with E-state index in [1.807, 2.05) is 42.5 Å². The van der Waals surface area contributed by atoms with Crippen LogP contribution in [-0.4, -0.2) is 54.9 Å². The van der Waals surface area contributed by atoms with E-state index in [-0.39, 0.29) is 24.2 Å². The zero-order valence-electron chi connectivity index (χ0n) is 23.0. The van der Waals surface area contributed by atoms with Crippen LogP contribution in [0.15, 0.2) is 72.8 Å². The van der Waals surface area contributed by atoms with Crippen molar-refractivity contribution in [1.82, 2.24) is 15.1 Å². The minimum Gasteiger partial charge on any atom is -0.497 e. The Morgan fingerprint density at radius 2 is 1.62 bits per heavy atom. The summed E-state index contributed by atoms with van der Waals surface area (Å²) in [4.78, 5) is 32.0. The highest BCUT2D eigenvalue weighted by molar-refractivity contribution is 6.01. The van der Waals surface area contributed by atoms with Crippen molar-refractivity contribution in [3.8, 4) is 5.75 Å². The molecule has 0 fully saturated rings. The largest absolute Gasteiger partial charge is 0.497 e. The zero-order valence-corrected chi connectivity index (χ0v) is 23.0. The average molecular weight is 532 g/mol. The Morgan fingerprint density at radius 1 is 0.949 bits per heavy atom. The van der Waals surface area contributed by atoms with Gasteiger partial charge in [0.1, 0.15) is 11.6 Å². The smallest absolute Gasteiger partial charge is 0.255 e. The maximum atomic E-state index is 14.0. The van der Waals surface area contributed by atoms with Crippen molar-refractivity contribution in [3.63, 3.8) is 0 Å². The molecule has 0 bridgehead atoms. The van der Waals surface area contributed by atoms with Gasteiger partial charge >= 0.3 is 0 Å². The molecule has 0 radical (unpaired) electrons. The predicted octanol–water partition coefficient (Wildman–Crippen LogP) is 5.55. The van der Waals surface area contributed by atoms with Crippen LogP contribution in [0.3, 0.4) is 0 Å². The summed E-state index contributed by atoms with van der Waals surface area (Å²) in [5.41, 5.74) is 2.86. The molecule has 2 amide bonds. The Hall–Kier alpha value is -3.71. The molecular weight excluding hydrogens is 493 g/mol. The first-order chi connectivity index (χ1) is 19.0. The lowest BCUT2D eigenvalue weighted by Crippen LogP contribution is -2.48. The molecule has 39 heavy (non-hydrogen) atoms. The Kier molecular flexibility index (Phi) is 9.71. The molecule has 206 valence electrons. The number of fused-ring (bicyclic) bond motifs is 1. The number of hydrogen-bond donors (Lipinski definition) is 1. The van der Waals surface area contributed by atoms with Crippen LogP contribution >= 0.6 is 0 Å². The van der Waals surface area contributed by atoms with Gasteiger partial charge in [-0.25, -0.2) is 4.39 Å². The van der Waals surface area contributed by atoms with Gasteiger partial charge in [0.25, 0.3) is 5.91 Å². The fraction of sp³-hybridized carbons (Fsp3) is 0.375. The Morgan fingerprint density at radius 3 is 2.26 bits per heavy atom. The van der Waals surface area contributed by atoms with Crippen molar-refractivity contribution in [1.29, 1.82) is 0 Å². The van der Waals surface area contributed by atoms with Crippen LogP contribution in [0, 0.1) is 5.82 Å². The molecule has 1 N–H and O–H groups in total. The molecule has 1 heterocycles. The molecule has 3 aromatic rings. The quantitative estimate of drug-likeness (QED) is 0.333. The van der Waals surface area contributed by atoms with E-state index in [0.29, 0.717) is 17.9 Å². The van der Waals surface area contributed by atoms with Crippen molar-refractivity contribution in [3.05, 3.63) is 101 Å². The number of hydrogen-bond acceptors (Lipinski definition) is 4. The molecule has 3 aromatic carbocycles. The summed E-state index contributed by atoms with van der Waals surface area (Å²) in [6.45, 7) is 7.84. The number of nitrogens with one attached hydrogen (secondary N) is 1. The topological polar surface area (TPSA) is 61.9 Å². The summed E-state index contributed by atoms with van der Waals surface area (Å²) in [5, 5.41) is 3.18. The highest BCUT2D eigenvalue weighted by Gasteiger charge is 2.44. The van der Waals surface area contributed by atoms with Crippen molar-refractivity contribution in [2.75, 3.05) is 33.3 Å². The maximum Gasteiger partial charge on any atom is 0.255 e. The standard InChI is InChI=1S/C32H38FN3O3/c1-4-19-35(20-5-2)21-18-34-31(37)29-27-8-6-7-9-28(27)32(38)36(22-23-10-14-25(33)15-11-23)30(29)24-12-16-26(39-3)17-13-24/h6-17,29-30H,4-5,18-22H2,1-3H3,(H,34,37)/t29-,30+/m0/s1. The van der Waals surface area contributed by atoms with E-state index < -0.39 is 12.0 Å². The van der Waals surface area contributed by atoms with Gasteiger partial charge in [0.2, 0.25) is 5.91 Å². The Labute approximate surface area is 230 Å². The summed E-state index contributed by atoms with van der Waals surface area (Å²) < 4.78 is 19.0. The summed E-state index contributed by atoms with van der Waals surface area (Å²) in [6, 6.07) is 20.5. The highest BCUT2D eigenvalue weighted by Crippen LogP contribution is 2.44. The number of methoxy groups -OCH3 is 1. The second-order valence-electron chi connectivity index (χ2n) is 9.98. The normalized spacial score (nSPS) is 16.7. The molecule has 0 unspecified atom stereocenters. The zero-order chi connectivity index (χ0) is 27.8. The van der Waals surface area contributed by atoms with E-state index in [2.05, 4.69) is 24.1 Å². The van der Waals surface area contributed by atoms with Crippen molar-refractivity contribution < 1.29 is 18.7 Å². The van der Waals surface area contributed by atoms with Crippen molar-refractivity contribution in [2.45, 2.75) is 45.2 Å². The number of amides is 2. The monoisotopic (exact) mass is 531 g/mol. The first-order valence-corrected chi connectivity index (χ1v) is 13.7. The molecule has 0 saturated carbocycles. The third-order valence-corrected chi connectivity index (χ3v) is 7.25. The van der Waals surface area contributed by atoms with E-state index in [1.165, 1.54) is 12.1 Å². The van der Waals surface area contributed by atoms with E-state index in [9.17, 15) is 14.0 Å². The first-order valence-electron chi connectivity index (χ1n) is 13.7. The van der Waals surface area contributed by atoms with Crippen LogP contribution in [0.2, 0.25) is 0 Å². The van der Waals surface area contributed by atoms with Gasteiger partial charge in [0, 0.05) is 25.2 Å². The van der Waals surface area contributed by atoms with Crippen molar-refractivity contribution >= 4 is 11.8 Å². The van der Waals surface area contributed by atoms with Gasteiger partial charge in [-0.05, 0) is 73.0 Å². The average Bonchev–Trinajstić information content (AvgIpc) is 2.95. The second-order valence-corrected chi connectivity index (χ2v) is 9.98. The van der Waals surface area contributed by atoms with Gasteiger partial charge in [-0.3, -0.25) is 9.59 Å². The summed E-state index contributed by atoms with van der Waals surface area (Å²) in [6.07, 6.45) is 2.12. The van der Waals surface area contributed by atoms with E-state index in [4.69, 9.17) is 4.74 Å². The van der Waals surface area contributed by atoms with Gasteiger partial charge in [0.15, 0.2) is 0 Å². The van der Waals surface area contributed by atoms with Crippen molar-refractivity contribution in [2.24, 2.45) is 0 Å². The molecule has 7 heteroatoms. The van der Waals surface area contributed by atoms with Crippen LogP contribution < -0.4 is 10.1 Å². The van der Waals surface area contributed by atoms with Crippen LogP contribution in [0.4, 0.5) is 4.39 Å². The minimum absolute atomic E-state index is 0.118. The summed E-state index contributed by atoms with van der Waals surface area (Å²) >= 11 is 0. The van der Waals surface area contributed by atoms with Gasteiger partial charge in [-0.1, -0.05) is 56.3 Å². The number of halogens is 1. The SMILES string of the molecule is CCCN(CCC)CCNC(=O)[C@H]1c2ccccc2C(=O)N(Cc2ccc(F)cc2)[C@@H]1c1ccc(OC)cc1. The molecular formula is C32H38FN3O3. The first kappa shape index (κ1) is 28.3. The second kappa shape index (κ2) is 13.4. The van der Waals surface area contributed by atoms with Crippen LogP contribution in [0.5, 0.6) is 5.75 Å². The molecule has 2 atom stereocenters. The minimum atomic E-state index is -0.612. The molecule has 0 spiro atoms. The lowest BCUT2D eigenvalue weighted by atomic mass is 9.79. The Bertz CT molecular complexity index is 1240. The van der Waals surface area contributed by atoms with Gasteiger partial charge in [0.05, 0.1) is 19.1 Å². The number of ether oxygens (including phenoxy) is 1. The molecule has 1 aliphatic rings. The molecule has 1 aliphatic heterocycles. The van der Waals surface area contributed by atoms with Crippen LogP contribution in [0.25, 0.3) is 0 Å². The lowest BCUT2D eigenvalue weighted by Gasteiger charge is -2.42. The highest BCUT2D eigenvalue weighted by atomic mass is 19.1. The van der Waals surface area contributed by atoms with Gasteiger partial charge in [-0.15, -0.1) is 0 Å². The molecule has 4 rings (SSSR count). The Balaban J connectivity index is 1.71. The lowest BCUT2D eigenvalue weighted by molar-refractivity contribution is -0.124. The number of rotatable bonds is 12. The molecule has 0 aromatic heterocycles. The molecule has 0 saturated heterocycles. The summed E-state index contributed by atoms with van der Waals surface area (Å²) in [5.74, 6) is -0.527. The van der Waals surface area contributed by atoms with Gasteiger partial charge < -0.3 is 19.9 Å². The summed E-state index contributed by atoms with van der Waals surface area (Å²) in [7, 11) is 1.60. The fourth-order valence-corrected chi connectivity index (χ4v) is 5.42. The van der Waals surface area contributed by atoms with E-state index in [1.54, 1.807) is 30.2 Å². The molecule has 6 nitrogen and oxygen atoms in total.